The molecule has 0 aliphatic heterocycles. The number of carbonyl (C=O) groups is 1. The predicted molar refractivity (Wildman–Crippen MR) is 126 cm³/mol. The summed E-state index contributed by atoms with van der Waals surface area (Å²) in [5.74, 6) is -0.338. The maximum atomic E-state index is 12.5. The van der Waals surface area contributed by atoms with Gasteiger partial charge in [0, 0.05) is 38.1 Å². The van der Waals surface area contributed by atoms with Crippen molar-refractivity contribution in [3.05, 3.63) is 88.0 Å². The van der Waals surface area contributed by atoms with Crippen molar-refractivity contribution in [3.8, 4) is 10.6 Å². The van der Waals surface area contributed by atoms with Crippen molar-refractivity contribution in [1.82, 2.24) is 15.4 Å². The zero-order valence-corrected chi connectivity index (χ0v) is 18.0. The Morgan fingerprint density at radius 2 is 1.97 bits per heavy atom. The maximum absolute atomic E-state index is 12.5. The summed E-state index contributed by atoms with van der Waals surface area (Å²) in [4.78, 5) is 20.2. The lowest BCUT2D eigenvalue weighted by Crippen LogP contribution is -2.17. The molecule has 0 fully saturated rings. The lowest BCUT2D eigenvalue weighted by molar-refractivity contribution is 0.0951. The monoisotopic (exact) mass is 474 g/mol. The third-order valence-corrected chi connectivity index (χ3v) is 6.17. The molecule has 0 aliphatic carbocycles. The van der Waals surface area contributed by atoms with E-state index in [1.165, 1.54) is 11.3 Å². The number of halogens is 1. The summed E-state index contributed by atoms with van der Waals surface area (Å²) >= 11 is 4.93. The van der Waals surface area contributed by atoms with Gasteiger partial charge in [0.15, 0.2) is 0 Å². The number of aromatic amines is 1. The summed E-state index contributed by atoms with van der Waals surface area (Å²) in [5, 5.41) is 9.92. The minimum Gasteiger partial charge on any atom is -0.360 e. The summed E-state index contributed by atoms with van der Waals surface area (Å²) in [6.07, 6.45) is 3.57. The Labute approximate surface area is 184 Å². The number of benzene rings is 3. The van der Waals surface area contributed by atoms with Crippen molar-refractivity contribution in [2.75, 3.05) is 0 Å². The lowest BCUT2D eigenvalue weighted by Gasteiger charge is -2.01. The van der Waals surface area contributed by atoms with Gasteiger partial charge in [-0.25, -0.2) is 10.4 Å². The Balaban J connectivity index is 1.35. The van der Waals surface area contributed by atoms with Crippen LogP contribution in [0.5, 0.6) is 0 Å². The Kier molecular flexibility index (Phi) is 4.90. The molecule has 0 unspecified atom stereocenters. The van der Waals surface area contributed by atoms with Gasteiger partial charge in [0.05, 0.1) is 6.21 Å². The number of thiazole rings is 1. The van der Waals surface area contributed by atoms with Gasteiger partial charge < -0.3 is 4.98 Å². The molecule has 0 radical (unpaired) electrons. The van der Waals surface area contributed by atoms with Gasteiger partial charge in [-0.1, -0.05) is 58.4 Å². The number of nitrogens with zero attached hydrogens (tertiary/aromatic N) is 2. The van der Waals surface area contributed by atoms with E-state index in [0.29, 0.717) is 5.69 Å². The summed E-state index contributed by atoms with van der Waals surface area (Å²) in [6.45, 7) is 0. The second kappa shape index (κ2) is 7.85. The number of carbonyl (C=O) groups excluding carboxylic acids is 1. The first-order valence-corrected chi connectivity index (χ1v) is 10.9. The highest BCUT2D eigenvalue weighted by Crippen LogP contribution is 2.32. The Bertz CT molecular complexity index is 1410. The first kappa shape index (κ1) is 18.7. The van der Waals surface area contributed by atoms with E-state index in [0.717, 1.165) is 42.3 Å². The quantitative estimate of drug-likeness (QED) is 0.248. The molecule has 1 amide bonds. The molecule has 0 spiro atoms. The van der Waals surface area contributed by atoms with Crippen LogP contribution < -0.4 is 5.43 Å². The van der Waals surface area contributed by atoms with Crippen LogP contribution in [-0.4, -0.2) is 22.1 Å². The standard InChI is InChI=1S/C23H15BrN4OS/c24-16-8-9-20-18(10-16)19(12-25-20)23-27-21(13-30-23)22(29)28-26-11-15-6-3-5-14-4-1-2-7-17(14)15/h1-13,25H,(H,28,29). The summed E-state index contributed by atoms with van der Waals surface area (Å²) in [6, 6.07) is 20.1. The molecule has 0 atom stereocenters. The van der Waals surface area contributed by atoms with E-state index >= 15 is 0 Å². The van der Waals surface area contributed by atoms with Crippen molar-refractivity contribution in [2.45, 2.75) is 0 Å². The molecule has 0 aliphatic rings. The number of H-pyrrole nitrogens is 1. The number of amides is 1. The molecule has 7 heteroatoms. The molecule has 3 aromatic carbocycles. The average molecular weight is 475 g/mol. The van der Waals surface area contributed by atoms with E-state index in [1.807, 2.05) is 66.9 Å². The largest absolute Gasteiger partial charge is 0.360 e. The van der Waals surface area contributed by atoms with E-state index < -0.39 is 0 Å². The van der Waals surface area contributed by atoms with Gasteiger partial charge >= 0.3 is 0 Å². The summed E-state index contributed by atoms with van der Waals surface area (Å²) in [7, 11) is 0. The molecule has 0 saturated heterocycles. The summed E-state index contributed by atoms with van der Waals surface area (Å²) < 4.78 is 0.994. The first-order valence-electron chi connectivity index (χ1n) is 9.23. The van der Waals surface area contributed by atoms with Crippen LogP contribution in [0.4, 0.5) is 0 Å². The van der Waals surface area contributed by atoms with Crippen LogP contribution in [0, 0.1) is 0 Å². The number of hydrogen-bond donors (Lipinski definition) is 2. The number of aromatic nitrogens is 2. The fourth-order valence-corrected chi connectivity index (χ4v) is 4.54. The predicted octanol–water partition coefficient (Wildman–Crippen LogP) is 5.97. The number of hydrogen-bond acceptors (Lipinski definition) is 4. The number of hydrazone groups is 1. The molecule has 146 valence electrons. The van der Waals surface area contributed by atoms with Crippen molar-refractivity contribution in [2.24, 2.45) is 5.10 Å². The first-order chi connectivity index (χ1) is 14.7. The highest BCUT2D eigenvalue weighted by atomic mass is 79.9. The normalized spacial score (nSPS) is 11.5. The number of fused-ring (bicyclic) bond motifs is 2. The van der Waals surface area contributed by atoms with Crippen LogP contribution >= 0.6 is 27.3 Å². The molecule has 5 aromatic rings. The van der Waals surface area contributed by atoms with Crippen molar-refractivity contribution in [1.29, 1.82) is 0 Å². The minimum atomic E-state index is -0.338. The fourth-order valence-electron chi connectivity index (χ4n) is 3.35. The molecule has 30 heavy (non-hydrogen) atoms. The van der Waals surface area contributed by atoms with Gasteiger partial charge in [0.25, 0.3) is 5.91 Å². The molecule has 5 rings (SSSR count). The molecule has 5 nitrogen and oxygen atoms in total. The van der Waals surface area contributed by atoms with Gasteiger partial charge in [0.1, 0.15) is 10.7 Å². The van der Waals surface area contributed by atoms with Gasteiger partial charge in [-0.05, 0) is 29.0 Å². The SMILES string of the molecule is O=C(NN=Cc1cccc2ccccc12)c1csc(-c2c[nH]c3ccc(Br)cc23)n1. The average Bonchev–Trinajstić information content (AvgIpc) is 3.40. The molecular formula is C23H15BrN4OS. The second-order valence-electron chi connectivity index (χ2n) is 6.70. The van der Waals surface area contributed by atoms with Crippen LogP contribution in [-0.2, 0) is 0 Å². The van der Waals surface area contributed by atoms with Crippen molar-refractivity contribution < 1.29 is 4.79 Å². The fraction of sp³-hybridized carbons (Fsp3) is 0. The Morgan fingerprint density at radius 1 is 1.10 bits per heavy atom. The zero-order chi connectivity index (χ0) is 20.5. The highest BCUT2D eigenvalue weighted by Gasteiger charge is 2.14. The maximum Gasteiger partial charge on any atom is 0.290 e. The molecule has 2 N–H and O–H groups in total. The van der Waals surface area contributed by atoms with Crippen molar-refractivity contribution >= 4 is 61.1 Å². The van der Waals surface area contributed by atoms with Crippen molar-refractivity contribution in [3.63, 3.8) is 0 Å². The van der Waals surface area contributed by atoms with Gasteiger partial charge in [-0.3, -0.25) is 4.79 Å². The van der Waals surface area contributed by atoms with Crippen LogP contribution in [0.25, 0.3) is 32.2 Å². The van der Waals surface area contributed by atoms with E-state index in [4.69, 9.17) is 0 Å². The van der Waals surface area contributed by atoms with E-state index in [-0.39, 0.29) is 5.91 Å². The van der Waals surface area contributed by atoms with Gasteiger partial charge in [0.2, 0.25) is 0 Å². The molecular weight excluding hydrogens is 460 g/mol. The van der Waals surface area contributed by atoms with E-state index in [9.17, 15) is 4.79 Å². The number of nitrogens with one attached hydrogen (secondary N) is 2. The zero-order valence-electron chi connectivity index (χ0n) is 15.6. The molecule has 2 aromatic heterocycles. The van der Waals surface area contributed by atoms with E-state index in [2.05, 4.69) is 36.4 Å². The lowest BCUT2D eigenvalue weighted by atomic mass is 10.1. The molecule has 0 bridgehead atoms. The Morgan fingerprint density at radius 3 is 2.90 bits per heavy atom. The smallest absolute Gasteiger partial charge is 0.290 e. The van der Waals surface area contributed by atoms with Gasteiger partial charge in [-0.2, -0.15) is 5.10 Å². The Hall–Kier alpha value is -3.29. The highest BCUT2D eigenvalue weighted by molar-refractivity contribution is 9.10. The summed E-state index contributed by atoms with van der Waals surface area (Å²) in [5.41, 5.74) is 5.85. The van der Waals surface area contributed by atoms with Crippen LogP contribution in [0.1, 0.15) is 16.1 Å². The van der Waals surface area contributed by atoms with E-state index in [1.54, 1.807) is 11.6 Å². The minimum absolute atomic E-state index is 0.338. The third-order valence-electron chi connectivity index (χ3n) is 4.80. The van der Waals surface area contributed by atoms with Crippen LogP contribution in [0.3, 0.4) is 0 Å². The number of rotatable bonds is 4. The third kappa shape index (κ3) is 3.53. The second-order valence-corrected chi connectivity index (χ2v) is 8.47. The molecule has 0 saturated carbocycles. The van der Waals surface area contributed by atoms with Crippen LogP contribution in [0.2, 0.25) is 0 Å². The van der Waals surface area contributed by atoms with Crippen LogP contribution in [0.15, 0.2) is 81.8 Å². The topological polar surface area (TPSA) is 70.1 Å². The molecule has 2 heterocycles. The van der Waals surface area contributed by atoms with Gasteiger partial charge in [-0.15, -0.1) is 11.3 Å².